The lowest BCUT2D eigenvalue weighted by Gasteiger charge is -2.42. The molecule has 0 unspecified atom stereocenters. The highest BCUT2D eigenvalue weighted by Gasteiger charge is 2.44. The fourth-order valence-corrected chi connectivity index (χ4v) is 5.91. The van der Waals surface area contributed by atoms with Crippen LogP contribution >= 0.6 is 12.2 Å². The Hall–Kier alpha value is -2.15. The van der Waals surface area contributed by atoms with Gasteiger partial charge in [0.2, 0.25) is 5.91 Å². The summed E-state index contributed by atoms with van der Waals surface area (Å²) >= 11 is 5.47. The zero-order valence-corrected chi connectivity index (χ0v) is 19.1. The van der Waals surface area contributed by atoms with Crippen LogP contribution in [0.3, 0.4) is 0 Å². The monoisotopic (exact) mass is 440 g/mol. The number of methoxy groups -OCH3 is 1. The molecule has 5 rings (SSSR count). The Balaban J connectivity index is 1.33. The predicted molar refractivity (Wildman–Crippen MR) is 122 cm³/mol. The lowest BCUT2D eigenvalue weighted by atomic mass is 9.68. The van der Waals surface area contributed by atoms with Crippen molar-refractivity contribution in [1.29, 1.82) is 0 Å². The molecule has 3 fully saturated rings. The number of nitrogens with one attached hydrogen (secondary N) is 1. The summed E-state index contributed by atoms with van der Waals surface area (Å²) < 4.78 is 8.32. The van der Waals surface area contributed by atoms with E-state index in [-0.39, 0.29) is 5.41 Å². The maximum Gasteiger partial charge on any atom is 0.233 e. The van der Waals surface area contributed by atoms with Crippen molar-refractivity contribution < 1.29 is 9.53 Å². The summed E-state index contributed by atoms with van der Waals surface area (Å²) in [5, 5.41) is 7.57. The molecule has 1 N–H and O–H groups in total. The van der Waals surface area contributed by atoms with Gasteiger partial charge in [-0.2, -0.15) is 5.10 Å². The van der Waals surface area contributed by atoms with Crippen molar-refractivity contribution in [3.05, 3.63) is 40.4 Å². The second kappa shape index (κ2) is 8.41. The van der Waals surface area contributed by atoms with E-state index in [1.54, 1.807) is 7.11 Å². The molecule has 31 heavy (non-hydrogen) atoms. The van der Waals surface area contributed by atoms with Crippen LogP contribution in [0.5, 0.6) is 5.75 Å². The highest BCUT2D eigenvalue weighted by molar-refractivity contribution is 7.71. The number of hydrogen-bond donors (Lipinski definition) is 1. The van der Waals surface area contributed by atoms with Gasteiger partial charge in [-0.05, 0) is 68.4 Å². The number of aromatic nitrogens is 3. The number of piperidine rings is 1. The minimum absolute atomic E-state index is 0.317. The molecule has 0 spiro atoms. The van der Waals surface area contributed by atoms with E-state index >= 15 is 0 Å². The smallest absolute Gasteiger partial charge is 0.233 e. The fourth-order valence-electron chi connectivity index (χ4n) is 5.63. The molecule has 2 heterocycles. The summed E-state index contributed by atoms with van der Waals surface area (Å²) in [7, 11) is 1.68. The number of amides is 1. The van der Waals surface area contributed by atoms with Crippen LogP contribution in [0.25, 0.3) is 0 Å². The first-order valence-electron chi connectivity index (χ1n) is 11.7. The molecule has 3 aliphatic rings. The van der Waals surface area contributed by atoms with Crippen LogP contribution in [0, 0.1) is 4.77 Å². The van der Waals surface area contributed by atoms with Crippen LogP contribution in [0.15, 0.2) is 24.3 Å². The lowest BCUT2D eigenvalue weighted by Crippen LogP contribution is -2.50. The number of aromatic amines is 1. The molecule has 2 aliphatic carbocycles. The van der Waals surface area contributed by atoms with E-state index in [4.69, 9.17) is 17.0 Å². The average molecular weight is 441 g/mol. The summed E-state index contributed by atoms with van der Waals surface area (Å²) in [5.74, 6) is 2.63. The molecular weight excluding hydrogens is 408 g/mol. The molecule has 2 aromatic rings. The van der Waals surface area contributed by atoms with Gasteiger partial charge in [0.25, 0.3) is 0 Å². The second-order valence-corrected chi connectivity index (χ2v) is 9.81. The molecule has 1 amide bonds. The summed E-state index contributed by atoms with van der Waals surface area (Å²) in [4.78, 5) is 16.0. The van der Waals surface area contributed by atoms with Gasteiger partial charge in [-0.25, -0.2) is 0 Å². The van der Waals surface area contributed by atoms with Gasteiger partial charge in [0.1, 0.15) is 11.6 Å². The molecule has 166 valence electrons. The third kappa shape index (κ3) is 3.81. The number of ether oxygens (including phenoxy) is 1. The Bertz CT molecular complexity index is 978. The van der Waals surface area contributed by atoms with Gasteiger partial charge in [0.05, 0.1) is 12.5 Å². The van der Waals surface area contributed by atoms with Crippen molar-refractivity contribution in [2.75, 3.05) is 20.2 Å². The first-order valence-corrected chi connectivity index (χ1v) is 12.1. The van der Waals surface area contributed by atoms with Crippen LogP contribution in [-0.4, -0.2) is 45.8 Å². The second-order valence-electron chi connectivity index (χ2n) is 9.43. The van der Waals surface area contributed by atoms with E-state index in [2.05, 4.69) is 31.8 Å². The molecule has 1 aliphatic heterocycles. The first-order chi connectivity index (χ1) is 15.1. The molecular formula is C24H32N4O2S. The van der Waals surface area contributed by atoms with Crippen LogP contribution < -0.4 is 4.74 Å². The molecule has 0 radical (unpaired) electrons. The topological polar surface area (TPSA) is 63.1 Å². The number of rotatable bonds is 5. The van der Waals surface area contributed by atoms with E-state index in [0.717, 1.165) is 73.5 Å². The Kier molecular flexibility index (Phi) is 5.63. The van der Waals surface area contributed by atoms with Crippen molar-refractivity contribution in [2.45, 2.75) is 75.2 Å². The van der Waals surface area contributed by atoms with Gasteiger partial charge in [-0.15, -0.1) is 0 Å². The summed E-state index contributed by atoms with van der Waals surface area (Å²) in [6, 6.07) is 8.71. The zero-order chi connectivity index (χ0) is 21.4. The number of carbonyl (C=O) groups excluding carboxylic acids is 1. The van der Waals surface area contributed by atoms with Gasteiger partial charge in [0, 0.05) is 25.0 Å². The number of likely N-dealkylation sites (tertiary alicyclic amines) is 1. The number of benzene rings is 1. The van der Waals surface area contributed by atoms with E-state index < -0.39 is 0 Å². The van der Waals surface area contributed by atoms with E-state index in [1.165, 1.54) is 19.3 Å². The Morgan fingerprint density at radius 2 is 1.77 bits per heavy atom. The fraction of sp³-hybridized carbons (Fsp3) is 0.625. The van der Waals surface area contributed by atoms with E-state index in [9.17, 15) is 4.79 Å². The van der Waals surface area contributed by atoms with Crippen LogP contribution in [0.4, 0.5) is 0 Å². The average Bonchev–Trinajstić information content (AvgIpc) is 3.60. The van der Waals surface area contributed by atoms with E-state index in [0.29, 0.717) is 17.9 Å². The van der Waals surface area contributed by atoms with Gasteiger partial charge in [0.15, 0.2) is 4.77 Å². The van der Waals surface area contributed by atoms with Crippen LogP contribution in [0.1, 0.15) is 81.1 Å². The van der Waals surface area contributed by atoms with Crippen molar-refractivity contribution in [3.8, 4) is 5.75 Å². The summed E-state index contributed by atoms with van der Waals surface area (Å²) in [6.45, 7) is 1.59. The molecule has 1 saturated heterocycles. The quantitative estimate of drug-likeness (QED) is 0.672. The summed E-state index contributed by atoms with van der Waals surface area (Å²) in [5.41, 5.74) is 0.764. The van der Waals surface area contributed by atoms with Gasteiger partial charge in [-0.3, -0.25) is 9.89 Å². The van der Waals surface area contributed by atoms with Gasteiger partial charge >= 0.3 is 0 Å². The third-order valence-corrected chi connectivity index (χ3v) is 7.84. The van der Waals surface area contributed by atoms with Crippen molar-refractivity contribution in [3.63, 3.8) is 0 Å². The highest BCUT2D eigenvalue weighted by Crippen LogP contribution is 2.43. The van der Waals surface area contributed by atoms with Crippen LogP contribution in [0.2, 0.25) is 0 Å². The molecule has 1 aromatic carbocycles. The lowest BCUT2D eigenvalue weighted by molar-refractivity contribution is -0.140. The van der Waals surface area contributed by atoms with Crippen molar-refractivity contribution in [2.24, 2.45) is 0 Å². The van der Waals surface area contributed by atoms with Gasteiger partial charge in [-0.1, -0.05) is 31.4 Å². The van der Waals surface area contributed by atoms with Gasteiger partial charge < -0.3 is 14.2 Å². The number of carbonyl (C=O) groups is 1. The minimum Gasteiger partial charge on any atom is -0.497 e. The Labute approximate surface area is 189 Å². The first kappa shape index (κ1) is 20.7. The molecule has 6 nitrogen and oxygen atoms in total. The third-order valence-electron chi connectivity index (χ3n) is 7.55. The molecule has 2 saturated carbocycles. The van der Waals surface area contributed by atoms with Crippen molar-refractivity contribution in [1.82, 2.24) is 19.7 Å². The zero-order valence-electron chi connectivity index (χ0n) is 18.3. The maximum absolute atomic E-state index is 13.9. The normalized spacial score (nSPS) is 21.8. The largest absolute Gasteiger partial charge is 0.497 e. The number of H-pyrrole nitrogens is 1. The standard InChI is InChI=1S/C24H32N4O2S/c1-30-20-9-5-18(6-10-20)24(13-3-2-4-14-24)22(29)27-15-11-17(12-16-27)21-25-26-23(31)28(21)19-7-8-19/h5-6,9-10,17,19H,2-4,7-8,11-16H2,1H3,(H,26,31). The minimum atomic E-state index is -0.384. The molecule has 0 bridgehead atoms. The molecule has 0 atom stereocenters. The predicted octanol–water partition coefficient (Wildman–Crippen LogP) is 4.89. The molecule has 7 heteroatoms. The van der Waals surface area contributed by atoms with Crippen LogP contribution in [-0.2, 0) is 10.2 Å². The highest BCUT2D eigenvalue weighted by atomic mass is 32.1. The van der Waals surface area contributed by atoms with E-state index in [1.807, 2.05) is 12.1 Å². The summed E-state index contributed by atoms with van der Waals surface area (Å²) in [6.07, 6.45) is 9.64. The maximum atomic E-state index is 13.9. The van der Waals surface area contributed by atoms with Crippen molar-refractivity contribution >= 4 is 18.1 Å². The SMILES string of the molecule is COc1ccc(C2(C(=O)N3CCC(c4n[nH]c(=S)n4C4CC4)CC3)CCCCC2)cc1. The molecule has 1 aromatic heterocycles. The Morgan fingerprint density at radius 3 is 2.39 bits per heavy atom. The Morgan fingerprint density at radius 1 is 1.10 bits per heavy atom. The number of hydrogen-bond acceptors (Lipinski definition) is 4. The number of nitrogens with zero attached hydrogens (tertiary/aromatic N) is 3.